The smallest absolute Gasteiger partial charge is 0.258 e. The van der Waals surface area contributed by atoms with Crippen molar-refractivity contribution in [3.05, 3.63) is 42.0 Å². The summed E-state index contributed by atoms with van der Waals surface area (Å²) in [4.78, 5) is 11.8. The molecule has 2 aromatic carbocycles. The Morgan fingerprint density at radius 1 is 1.33 bits per heavy atom. The molecule has 2 aromatic rings. The van der Waals surface area contributed by atoms with Gasteiger partial charge < -0.3 is 15.2 Å². The van der Waals surface area contributed by atoms with Gasteiger partial charge in [0.05, 0.1) is 6.10 Å². The molecule has 4 nitrogen and oxygen atoms in total. The maximum absolute atomic E-state index is 11.8. The molecule has 0 heterocycles. The van der Waals surface area contributed by atoms with Gasteiger partial charge in [-0.1, -0.05) is 36.4 Å². The maximum Gasteiger partial charge on any atom is 0.258 e. The molecule has 0 spiro atoms. The number of hydrogen-bond donors (Lipinski definition) is 2. The molecule has 110 valence electrons. The van der Waals surface area contributed by atoms with E-state index in [1.165, 1.54) is 0 Å². The van der Waals surface area contributed by atoms with E-state index in [4.69, 9.17) is 4.74 Å². The second-order valence-electron chi connectivity index (χ2n) is 5.51. The lowest BCUT2D eigenvalue weighted by molar-refractivity contribution is -0.123. The van der Waals surface area contributed by atoms with Gasteiger partial charge in [0.15, 0.2) is 6.61 Å². The molecule has 0 radical (unpaired) electrons. The van der Waals surface area contributed by atoms with Crippen LogP contribution in [0, 0.1) is 0 Å². The van der Waals surface area contributed by atoms with E-state index in [0.717, 1.165) is 23.6 Å². The highest BCUT2D eigenvalue weighted by Gasteiger charge is 2.23. The standard InChI is InChI=1S/C17H19NO3/c1-11(19)14-9-6-12-4-2-3-5-15(12)17(14)21-10-16(20)18-13-7-8-13/h2-6,9,11,13,19H,7-8,10H2,1H3,(H,18,20)/t11-/m0/s1. The summed E-state index contributed by atoms with van der Waals surface area (Å²) >= 11 is 0. The summed E-state index contributed by atoms with van der Waals surface area (Å²) < 4.78 is 5.73. The summed E-state index contributed by atoms with van der Waals surface area (Å²) in [6.45, 7) is 1.67. The summed E-state index contributed by atoms with van der Waals surface area (Å²) in [6.07, 6.45) is 1.47. The van der Waals surface area contributed by atoms with Gasteiger partial charge in [0.25, 0.3) is 5.91 Å². The van der Waals surface area contributed by atoms with Crippen LogP contribution in [0.15, 0.2) is 36.4 Å². The topological polar surface area (TPSA) is 58.6 Å². The number of carbonyl (C=O) groups excluding carboxylic acids is 1. The van der Waals surface area contributed by atoms with Crippen molar-refractivity contribution in [3.63, 3.8) is 0 Å². The maximum atomic E-state index is 11.8. The predicted octanol–water partition coefficient (Wildman–Crippen LogP) is 2.55. The third-order valence-corrected chi connectivity index (χ3v) is 3.65. The number of aliphatic hydroxyl groups is 1. The molecule has 1 aliphatic carbocycles. The molecule has 1 fully saturated rings. The number of hydrogen-bond acceptors (Lipinski definition) is 3. The molecule has 0 bridgehead atoms. The van der Waals surface area contributed by atoms with Crippen LogP contribution in [0.4, 0.5) is 0 Å². The molecule has 1 aliphatic rings. The molecule has 3 rings (SSSR count). The van der Waals surface area contributed by atoms with E-state index in [2.05, 4.69) is 5.32 Å². The van der Waals surface area contributed by atoms with E-state index < -0.39 is 6.10 Å². The normalized spacial score (nSPS) is 15.7. The van der Waals surface area contributed by atoms with Crippen molar-refractivity contribution in [2.24, 2.45) is 0 Å². The van der Waals surface area contributed by atoms with Gasteiger partial charge in [0.2, 0.25) is 0 Å². The molecular formula is C17H19NO3. The van der Waals surface area contributed by atoms with Crippen LogP contribution in [0.2, 0.25) is 0 Å². The molecular weight excluding hydrogens is 266 g/mol. The average molecular weight is 285 g/mol. The van der Waals surface area contributed by atoms with E-state index >= 15 is 0 Å². The highest BCUT2D eigenvalue weighted by Crippen LogP contribution is 2.33. The number of carbonyl (C=O) groups is 1. The Labute approximate surface area is 123 Å². The highest BCUT2D eigenvalue weighted by atomic mass is 16.5. The number of nitrogens with one attached hydrogen (secondary N) is 1. The summed E-state index contributed by atoms with van der Waals surface area (Å²) in [5.41, 5.74) is 0.702. The second kappa shape index (κ2) is 5.74. The van der Waals surface area contributed by atoms with E-state index in [-0.39, 0.29) is 12.5 Å². The Kier molecular flexibility index (Phi) is 3.80. The largest absolute Gasteiger partial charge is 0.483 e. The zero-order valence-electron chi connectivity index (χ0n) is 12.0. The lowest BCUT2D eigenvalue weighted by Crippen LogP contribution is -2.30. The first-order chi connectivity index (χ1) is 10.1. The van der Waals surface area contributed by atoms with Gasteiger partial charge in [-0.25, -0.2) is 0 Å². The third-order valence-electron chi connectivity index (χ3n) is 3.65. The fourth-order valence-electron chi connectivity index (χ4n) is 2.38. The van der Waals surface area contributed by atoms with E-state index in [0.29, 0.717) is 17.4 Å². The van der Waals surface area contributed by atoms with Crippen LogP contribution in [-0.2, 0) is 4.79 Å². The molecule has 0 unspecified atom stereocenters. The number of benzene rings is 2. The lowest BCUT2D eigenvalue weighted by Gasteiger charge is -2.16. The fraction of sp³-hybridized carbons (Fsp3) is 0.353. The Balaban J connectivity index is 1.86. The van der Waals surface area contributed by atoms with E-state index in [1.807, 2.05) is 36.4 Å². The van der Waals surface area contributed by atoms with Crippen molar-refractivity contribution in [1.29, 1.82) is 0 Å². The SMILES string of the molecule is C[C@H](O)c1ccc2ccccc2c1OCC(=O)NC1CC1. The van der Waals surface area contributed by atoms with Crippen LogP contribution in [-0.4, -0.2) is 23.7 Å². The Morgan fingerprint density at radius 2 is 2.10 bits per heavy atom. The quantitative estimate of drug-likeness (QED) is 0.887. The van der Waals surface area contributed by atoms with Crippen LogP contribution in [0.25, 0.3) is 10.8 Å². The van der Waals surface area contributed by atoms with Crippen LogP contribution >= 0.6 is 0 Å². The molecule has 0 aliphatic heterocycles. The number of fused-ring (bicyclic) bond motifs is 1. The zero-order valence-corrected chi connectivity index (χ0v) is 12.0. The van der Waals surface area contributed by atoms with Crippen LogP contribution < -0.4 is 10.1 Å². The molecule has 1 atom stereocenters. The van der Waals surface area contributed by atoms with Gasteiger partial charge in [-0.15, -0.1) is 0 Å². The number of rotatable bonds is 5. The lowest BCUT2D eigenvalue weighted by atomic mass is 10.0. The van der Waals surface area contributed by atoms with E-state index in [9.17, 15) is 9.90 Å². The number of amides is 1. The molecule has 0 aromatic heterocycles. The molecule has 4 heteroatoms. The first-order valence-electron chi connectivity index (χ1n) is 7.27. The highest BCUT2D eigenvalue weighted by molar-refractivity contribution is 5.90. The Morgan fingerprint density at radius 3 is 2.81 bits per heavy atom. The Bertz CT molecular complexity index is 662. The first-order valence-corrected chi connectivity index (χ1v) is 7.27. The molecule has 1 saturated carbocycles. The van der Waals surface area contributed by atoms with Gasteiger partial charge in [0, 0.05) is 17.0 Å². The molecule has 1 amide bonds. The summed E-state index contributed by atoms with van der Waals surface area (Å²) in [7, 11) is 0. The van der Waals surface area contributed by atoms with E-state index in [1.54, 1.807) is 6.92 Å². The van der Waals surface area contributed by atoms with Crippen molar-refractivity contribution in [2.75, 3.05) is 6.61 Å². The van der Waals surface area contributed by atoms with Crippen molar-refractivity contribution < 1.29 is 14.6 Å². The fourth-order valence-corrected chi connectivity index (χ4v) is 2.38. The summed E-state index contributed by atoms with van der Waals surface area (Å²) in [5, 5.41) is 14.7. The number of ether oxygens (including phenoxy) is 1. The average Bonchev–Trinajstić information content (AvgIpc) is 3.28. The molecule has 2 N–H and O–H groups in total. The minimum atomic E-state index is -0.643. The Hall–Kier alpha value is -2.07. The van der Waals surface area contributed by atoms with Gasteiger partial charge in [-0.2, -0.15) is 0 Å². The minimum absolute atomic E-state index is 0.0236. The van der Waals surface area contributed by atoms with Gasteiger partial charge in [-0.05, 0) is 25.2 Å². The van der Waals surface area contributed by atoms with Crippen molar-refractivity contribution >= 4 is 16.7 Å². The monoisotopic (exact) mass is 285 g/mol. The minimum Gasteiger partial charge on any atom is -0.483 e. The summed E-state index contributed by atoms with van der Waals surface area (Å²) in [5.74, 6) is 0.482. The first kappa shape index (κ1) is 13.9. The van der Waals surface area contributed by atoms with Crippen molar-refractivity contribution in [3.8, 4) is 5.75 Å². The number of aliphatic hydroxyl groups excluding tert-OH is 1. The third kappa shape index (κ3) is 3.16. The molecule has 21 heavy (non-hydrogen) atoms. The second-order valence-corrected chi connectivity index (χ2v) is 5.51. The van der Waals surface area contributed by atoms with Crippen molar-refractivity contribution in [2.45, 2.75) is 31.9 Å². The van der Waals surface area contributed by atoms with Crippen LogP contribution in [0.5, 0.6) is 5.75 Å². The summed E-state index contributed by atoms with van der Waals surface area (Å²) in [6, 6.07) is 11.9. The molecule has 0 saturated heterocycles. The zero-order chi connectivity index (χ0) is 14.8. The van der Waals surface area contributed by atoms with Crippen LogP contribution in [0.1, 0.15) is 31.4 Å². The van der Waals surface area contributed by atoms with Gasteiger partial charge >= 0.3 is 0 Å². The van der Waals surface area contributed by atoms with Gasteiger partial charge in [-0.3, -0.25) is 4.79 Å². The van der Waals surface area contributed by atoms with Gasteiger partial charge in [0.1, 0.15) is 5.75 Å². The van der Waals surface area contributed by atoms with Crippen molar-refractivity contribution in [1.82, 2.24) is 5.32 Å². The van der Waals surface area contributed by atoms with Crippen LogP contribution in [0.3, 0.4) is 0 Å². The predicted molar refractivity (Wildman–Crippen MR) is 81.2 cm³/mol.